The van der Waals surface area contributed by atoms with Crippen molar-refractivity contribution in [2.75, 3.05) is 5.33 Å². The van der Waals surface area contributed by atoms with E-state index in [-0.39, 0.29) is 27.1 Å². The number of hydrogen-bond acceptors (Lipinski definition) is 8. The molecule has 4 aromatic rings. The highest BCUT2D eigenvalue weighted by Gasteiger charge is 2.17. The second-order valence-electron chi connectivity index (χ2n) is 5.29. The van der Waals surface area contributed by atoms with Gasteiger partial charge in [0.15, 0.2) is 5.78 Å². The summed E-state index contributed by atoms with van der Waals surface area (Å²) in [4.78, 5) is 23.4. The van der Waals surface area contributed by atoms with Gasteiger partial charge in [0.05, 0.1) is 17.2 Å². The van der Waals surface area contributed by atoms with Crippen molar-refractivity contribution in [2.24, 2.45) is 5.14 Å². The monoisotopic (exact) mass is 560 g/mol. The number of carbonyl (C=O) groups is 1. The molecule has 0 spiro atoms. The average Bonchev–Trinajstić information content (AvgIpc) is 3.28. The highest BCUT2D eigenvalue weighted by atomic mass is 79.9. The molecule has 2 N–H and O–H groups in total. The molecule has 29 heavy (non-hydrogen) atoms. The Labute approximate surface area is 189 Å². The van der Waals surface area contributed by atoms with Gasteiger partial charge in [-0.2, -0.15) is 0 Å². The minimum atomic E-state index is -3.78. The molecule has 0 unspecified atom stereocenters. The Kier molecular flexibility index (Phi) is 8.10. The van der Waals surface area contributed by atoms with Crippen LogP contribution in [0, 0.1) is 0 Å². The molecule has 0 radical (unpaired) electrons. The molecule has 0 fully saturated rings. The number of primary sulfonamides is 1. The van der Waals surface area contributed by atoms with Crippen LogP contribution in [-0.2, 0) is 10.0 Å². The molecule has 0 atom stereocenters. The lowest BCUT2D eigenvalue weighted by molar-refractivity contribution is 0.102. The van der Waals surface area contributed by atoms with Gasteiger partial charge in [0, 0.05) is 35.9 Å². The largest absolute Gasteiger partial charge is 0.293 e. The third-order valence-electron chi connectivity index (χ3n) is 3.37. The van der Waals surface area contributed by atoms with Crippen LogP contribution >= 0.6 is 44.2 Å². The fourth-order valence-corrected chi connectivity index (χ4v) is 3.90. The van der Waals surface area contributed by atoms with Crippen LogP contribution in [0.15, 0.2) is 59.6 Å². The molecule has 4 heterocycles. The Balaban J connectivity index is 0.000000234. The smallest absolute Gasteiger partial charge is 0.267 e. The number of pyridine rings is 2. The second kappa shape index (κ2) is 10.1. The summed E-state index contributed by atoms with van der Waals surface area (Å²) in [6.45, 7) is 0. The van der Waals surface area contributed by atoms with Gasteiger partial charge in [-0.1, -0.05) is 27.3 Å². The number of fused-ring (bicyclic) bond motifs is 1. The summed E-state index contributed by atoms with van der Waals surface area (Å²) in [5.41, 5.74) is 2.30. The SMILES string of the molecule is Br.NS(=O)(=O)c1nn2cc(-c3ccncc3)nc2s1.O=C(CBr)c1ccncc1. The van der Waals surface area contributed by atoms with Gasteiger partial charge >= 0.3 is 0 Å². The van der Waals surface area contributed by atoms with Crippen LogP contribution in [-0.4, -0.2) is 44.1 Å². The number of sulfonamides is 1. The molecule has 13 heteroatoms. The molecule has 0 saturated carbocycles. The van der Waals surface area contributed by atoms with E-state index < -0.39 is 10.0 Å². The van der Waals surface area contributed by atoms with Crippen molar-refractivity contribution in [2.45, 2.75) is 4.34 Å². The molecular formula is C16H14Br2N6O3S2. The number of hydrogen-bond donors (Lipinski definition) is 1. The van der Waals surface area contributed by atoms with Crippen LogP contribution in [0.3, 0.4) is 0 Å². The van der Waals surface area contributed by atoms with Crippen LogP contribution in [0.5, 0.6) is 0 Å². The third-order valence-corrected chi connectivity index (χ3v) is 6.11. The fourth-order valence-electron chi connectivity index (χ4n) is 2.07. The zero-order valence-corrected chi connectivity index (χ0v) is 19.5. The number of Topliss-reactive ketones (excluding diaryl/α,β-unsaturated/α-hetero) is 1. The van der Waals surface area contributed by atoms with E-state index in [4.69, 9.17) is 5.14 Å². The fraction of sp³-hybridized carbons (Fsp3) is 0.0625. The highest BCUT2D eigenvalue weighted by Crippen LogP contribution is 2.23. The first-order chi connectivity index (χ1) is 13.4. The Morgan fingerprint density at radius 3 is 2.21 bits per heavy atom. The van der Waals surface area contributed by atoms with E-state index in [1.165, 1.54) is 4.52 Å². The van der Waals surface area contributed by atoms with Crippen molar-refractivity contribution >= 4 is 65.0 Å². The van der Waals surface area contributed by atoms with Gasteiger partial charge in [0.25, 0.3) is 10.0 Å². The number of halogens is 2. The lowest BCUT2D eigenvalue weighted by Crippen LogP contribution is -2.12. The standard InChI is InChI=1S/C9H7N5O2S2.C7H6BrNO.BrH/c10-18(15,16)9-13-14-5-7(12-8(14)17-9)6-1-3-11-4-2-6;8-5-7(10)6-1-3-9-4-2-6;/h1-5H,(H2,10,15,16);1-4H,5H2;1H. The van der Waals surface area contributed by atoms with E-state index in [9.17, 15) is 13.2 Å². The predicted octanol–water partition coefficient (Wildman–Crippen LogP) is 2.74. The average molecular weight is 562 g/mol. The molecule has 0 saturated heterocycles. The molecule has 0 aliphatic heterocycles. The van der Waals surface area contributed by atoms with Gasteiger partial charge in [-0.05, 0) is 24.3 Å². The molecule has 0 bridgehead atoms. The Bertz CT molecular complexity index is 1170. The lowest BCUT2D eigenvalue weighted by Gasteiger charge is -1.92. The summed E-state index contributed by atoms with van der Waals surface area (Å²) in [5.74, 6) is 0.0856. The molecule has 9 nitrogen and oxygen atoms in total. The van der Waals surface area contributed by atoms with E-state index in [1.807, 2.05) is 12.1 Å². The van der Waals surface area contributed by atoms with E-state index in [2.05, 4.69) is 36.0 Å². The maximum Gasteiger partial charge on any atom is 0.267 e. The van der Waals surface area contributed by atoms with Crippen molar-refractivity contribution in [3.8, 4) is 11.3 Å². The molecule has 0 aliphatic carbocycles. The normalized spacial score (nSPS) is 10.7. The number of aromatic nitrogens is 5. The highest BCUT2D eigenvalue weighted by molar-refractivity contribution is 9.09. The zero-order chi connectivity index (χ0) is 20.1. The Morgan fingerprint density at radius 1 is 1.10 bits per heavy atom. The first-order valence-corrected chi connectivity index (χ1v) is 11.2. The number of nitrogens with two attached hydrogens (primary N) is 1. The van der Waals surface area contributed by atoms with E-state index in [0.29, 0.717) is 21.5 Å². The molecule has 4 rings (SSSR count). The lowest BCUT2D eigenvalue weighted by atomic mass is 10.2. The summed E-state index contributed by atoms with van der Waals surface area (Å²) in [6.07, 6.45) is 8.18. The van der Waals surface area contributed by atoms with Crippen molar-refractivity contribution in [1.82, 2.24) is 24.6 Å². The number of nitrogens with zero attached hydrogens (tertiary/aromatic N) is 5. The molecule has 0 amide bonds. The number of alkyl halides is 1. The van der Waals surface area contributed by atoms with E-state index in [1.54, 1.807) is 43.1 Å². The molecule has 0 aliphatic rings. The van der Waals surface area contributed by atoms with Crippen LogP contribution < -0.4 is 5.14 Å². The van der Waals surface area contributed by atoms with Crippen LogP contribution in [0.25, 0.3) is 16.2 Å². The molecule has 4 aromatic heterocycles. The predicted molar refractivity (Wildman–Crippen MR) is 118 cm³/mol. The number of ketones is 1. The quantitative estimate of drug-likeness (QED) is 0.299. The molecular weight excluding hydrogens is 548 g/mol. The maximum atomic E-state index is 11.1. The van der Waals surface area contributed by atoms with E-state index in [0.717, 1.165) is 16.9 Å². The van der Waals surface area contributed by atoms with Crippen molar-refractivity contribution in [1.29, 1.82) is 0 Å². The summed E-state index contributed by atoms with van der Waals surface area (Å²) in [6, 6.07) is 7.02. The summed E-state index contributed by atoms with van der Waals surface area (Å²) >= 11 is 4.01. The summed E-state index contributed by atoms with van der Waals surface area (Å²) < 4.78 is 23.5. The third kappa shape index (κ3) is 5.96. The van der Waals surface area contributed by atoms with Gasteiger partial charge in [0.1, 0.15) is 0 Å². The van der Waals surface area contributed by atoms with Crippen molar-refractivity contribution in [3.63, 3.8) is 0 Å². The Morgan fingerprint density at radius 2 is 1.69 bits per heavy atom. The van der Waals surface area contributed by atoms with Crippen LogP contribution in [0.2, 0.25) is 0 Å². The first kappa shape index (κ1) is 23.2. The number of rotatable bonds is 4. The van der Waals surface area contributed by atoms with Crippen molar-refractivity contribution in [3.05, 3.63) is 60.8 Å². The minimum absolute atomic E-state index is 0. The van der Waals surface area contributed by atoms with Gasteiger partial charge in [-0.25, -0.2) is 23.1 Å². The van der Waals surface area contributed by atoms with Gasteiger partial charge < -0.3 is 0 Å². The zero-order valence-electron chi connectivity index (χ0n) is 14.5. The topological polar surface area (TPSA) is 133 Å². The molecule has 152 valence electrons. The first-order valence-electron chi connectivity index (χ1n) is 7.67. The summed E-state index contributed by atoms with van der Waals surface area (Å²) in [5, 5.41) is 9.25. The van der Waals surface area contributed by atoms with E-state index >= 15 is 0 Å². The molecule has 0 aromatic carbocycles. The summed E-state index contributed by atoms with van der Waals surface area (Å²) in [7, 11) is -3.78. The van der Waals surface area contributed by atoms with Crippen molar-refractivity contribution < 1.29 is 13.2 Å². The maximum absolute atomic E-state index is 11.1. The second-order valence-corrected chi connectivity index (χ2v) is 8.55. The number of imidazole rings is 1. The van der Waals surface area contributed by atoms with Crippen LogP contribution in [0.4, 0.5) is 0 Å². The Hall–Kier alpha value is -2.06. The van der Waals surface area contributed by atoms with Crippen LogP contribution in [0.1, 0.15) is 10.4 Å². The number of carbonyl (C=O) groups excluding carboxylic acids is 1. The van der Waals surface area contributed by atoms with Gasteiger partial charge in [-0.15, -0.1) is 22.1 Å². The van der Waals surface area contributed by atoms with Gasteiger partial charge in [0.2, 0.25) is 9.30 Å². The van der Waals surface area contributed by atoms with Gasteiger partial charge in [-0.3, -0.25) is 14.8 Å². The minimum Gasteiger partial charge on any atom is -0.293 e.